The van der Waals surface area contributed by atoms with Crippen LogP contribution in [0.25, 0.3) is 0 Å². The fraction of sp³-hybridized carbons (Fsp3) is 0.346. The Morgan fingerprint density at radius 3 is 2.22 bits per heavy atom. The van der Waals surface area contributed by atoms with E-state index in [0.717, 1.165) is 30.0 Å². The number of aryl methyl sites for hydroxylation is 1. The molecule has 0 saturated carbocycles. The van der Waals surface area contributed by atoms with Gasteiger partial charge in [0.2, 0.25) is 11.8 Å². The lowest BCUT2D eigenvalue weighted by molar-refractivity contribution is -0.121. The minimum atomic E-state index is -0.357. The Hall–Kier alpha value is -3.41. The molecule has 0 spiro atoms. The van der Waals surface area contributed by atoms with E-state index in [0.29, 0.717) is 24.9 Å². The minimum Gasteiger partial charge on any atom is -0.476 e. The summed E-state index contributed by atoms with van der Waals surface area (Å²) < 4.78 is 5.87. The van der Waals surface area contributed by atoms with Gasteiger partial charge in [-0.05, 0) is 37.3 Å². The number of ether oxygens (including phenoxy) is 1. The normalized spacial score (nSPS) is 13.8. The molecule has 1 aliphatic heterocycles. The van der Waals surface area contributed by atoms with Crippen LogP contribution >= 0.6 is 0 Å². The van der Waals surface area contributed by atoms with Crippen molar-refractivity contribution >= 4 is 11.7 Å². The van der Waals surface area contributed by atoms with Gasteiger partial charge in [-0.2, -0.15) is 4.98 Å². The molecule has 1 saturated heterocycles. The van der Waals surface area contributed by atoms with Gasteiger partial charge in [-0.3, -0.25) is 4.79 Å². The number of hydrogen-bond acceptors (Lipinski definition) is 5. The first kappa shape index (κ1) is 21.8. The van der Waals surface area contributed by atoms with Gasteiger partial charge in [0.05, 0.1) is 12.5 Å². The van der Waals surface area contributed by atoms with Crippen molar-refractivity contribution in [1.29, 1.82) is 0 Å². The average Bonchev–Trinajstić information content (AvgIpc) is 2.84. The molecule has 1 amide bonds. The van der Waals surface area contributed by atoms with E-state index in [9.17, 15) is 4.79 Å². The second-order valence-corrected chi connectivity index (χ2v) is 8.05. The Morgan fingerprint density at radius 1 is 0.969 bits per heavy atom. The smallest absolute Gasteiger partial charge is 0.232 e. The van der Waals surface area contributed by atoms with Gasteiger partial charge >= 0.3 is 0 Å². The Bertz CT molecular complexity index is 965. The highest BCUT2D eigenvalue weighted by atomic mass is 16.5. The highest BCUT2D eigenvalue weighted by molar-refractivity contribution is 5.87. The maximum atomic E-state index is 13.1. The number of hydrogen-bond donors (Lipinski definition) is 1. The van der Waals surface area contributed by atoms with Gasteiger partial charge in [-0.15, -0.1) is 0 Å². The molecule has 166 valence electrons. The van der Waals surface area contributed by atoms with E-state index in [2.05, 4.69) is 20.2 Å². The molecular formula is C26H30N4O2. The van der Waals surface area contributed by atoms with Crippen molar-refractivity contribution in [2.24, 2.45) is 0 Å². The first-order valence-corrected chi connectivity index (χ1v) is 11.3. The van der Waals surface area contributed by atoms with Crippen molar-refractivity contribution in [3.8, 4) is 5.88 Å². The molecule has 1 aromatic heterocycles. The van der Waals surface area contributed by atoms with Crippen molar-refractivity contribution in [1.82, 2.24) is 15.3 Å². The maximum absolute atomic E-state index is 13.1. The van der Waals surface area contributed by atoms with E-state index >= 15 is 0 Å². The SMILES string of the molecule is Cc1nc(OCCNC(=O)C(c2ccccc2)c2ccccc2)cc(N2CCCCC2)n1. The van der Waals surface area contributed by atoms with Crippen molar-refractivity contribution in [2.45, 2.75) is 32.1 Å². The molecule has 2 aromatic carbocycles. The summed E-state index contributed by atoms with van der Waals surface area (Å²) in [7, 11) is 0. The number of rotatable bonds is 8. The third kappa shape index (κ3) is 5.63. The number of piperidine rings is 1. The zero-order valence-corrected chi connectivity index (χ0v) is 18.5. The predicted molar refractivity (Wildman–Crippen MR) is 126 cm³/mol. The number of anilines is 1. The molecular weight excluding hydrogens is 400 g/mol. The van der Waals surface area contributed by atoms with Crippen LogP contribution in [0.4, 0.5) is 5.82 Å². The Morgan fingerprint density at radius 2 is 1.59 bits per heavy atom. The van der Waals surface area contributed by atoms with Crippen LogP contribution < -0.4 is 15.0 Å². The third-order valence-corrected chi connectivity index (χ3v) is 5.66. The molecule has 6 heteroatoms. The summed E-state index contributed by atoms with van der Waals surface area (Å²) in [6.07, 6.45) is 3.65. The number of nitrogens with one attached hydrogen (secondary N) is 1. The number of aromatic nitrogens is 2. The second-order valence-electron chi connectivity index (χ2n) is 8.05. The van der Waals surface area contributed by atoms with E-state index in [1.807, 2.05) is 73.7 Å². The van der Waals surface area contributed by atoms with Gasteiger partial charge in [0.15, 0.2) is 0 Å². The first-order valence-electron chi connectivity index (χ1n) is 11.3. The molecule has 2 heterocycles. The minimum absolute atomic E-state index is 0.0427. The molecule has 1 aliphatic rings. The molecule has 0 bridgehead atoms. The molecule has 4 rings (SSSR count). The van der Waals surface area contributed by atoms with Crippen LogP contribution in [0.5, 0.6) is 5.88 Å². The molecule has 6 nitrogen and oxygen atoms in total. The van der Waals surface area contributed by atoms with Gasteiger partial charge in [0.1, 0.15) is 18.2 Å². The van der Waals surface area contributed by atoms with E-state index in [1.54, 1.807) is 0 Å². The van der Waals surface area contributed by atoms with Gasteiger partial charge < -0.3 is 15.0 Å². The quantitative estimate of drug-likeness (QED) is 0.545. The summed E-state index contributed by atoms with van der Waals surface area (Å²) in [6.45, 7) is 4.67. The van der Waals surface area contributed by atoms with Crippen molar-refractivity contribution in [2.75, 3.05) is 31.1 Å². The van der Waals surface area contributed by atoms with Gasteiger partial charge in [-0.1, -0.05) is 60.7 Å². The Kier molecular flexibility index (Phi) is 7.33. The third-order valence-electron chi connectivity index (χ3n) is 5.66. The van der Waals surface area contributed by atoms with Crippen LogP contribution in [0, 0.1) is 6.92 Å². The molecule has 0 radical (unpaired) electrons. The zero-order valence-electron chi connectivity index (χ0n) is 18.5. The molecule has 1 N–H and O–H groups in total. The fourth-order valence-electron chi connectivity index (χ4n) is 4.10. The maximum Gasteiger partial charge on any atom is 0.232 e. The van der Waals surface area contributed by atoms with E-state index in [4.69, 9.17) is 4.74 Å². The van der Waals surface area contributed by atoms with Crippen molar-refractivity contribution in [3.63, 3.8) is 0 Å². The number of carbonyl (C=O) groups is 1. The van der Waals surface area contributed by atoms with Gasteiger partial charge in [0.25, 0.3) is 0 Å². The Balaban J connectivity index is 1.36. The Labute approximate surface area is 189 Å². The lowest BCUT2D eigenvalue weighted by atomic mass is 9.90. The molecule has 0 atom stereocenters. The largest absolute Gasteiger partial charge is 0.476 e. The highest BCUT2D eigenvalue weighted by Crippen LogP contribution is 2.25. The van der Waals surface area contributed by atoms with Crippen molar-refractivity contribution in [3.05, 3.63) is 83.7 Å². The first-order chi connectivity index (χ1) is 15.7. The molecule has 3 aromatic rings. The molecule has 1 fully saturated rings. The second kappa shape index (κ2) is 10.8. The highest BCUT2D eigenvalue weighted by Gasteiger charge is 2.22. The summed E-state index contributed by atoms with van der Waals surface area (Å²) in [5.74, 6) is 1.77. The number of nitrogens with zero attached hydrogens (tertiary/aromatic N) is 3. The number of benzene rings is 2. The van der Waals surface area contributed by atoms with Crippen LogP contribution in [0.1, 0.15) is 42.1 Å². The summed E-state index contributed by atoms with van der Waals surface area (Å²) in [4.78, 5) is 24.3. The molecule has 32 heavy (non-hydrogen) atoms. The zero-order chi connectivity index (χ0) is 22.2. The number of amides is 1. The monoisotopic (exact) mass is 430 g/mol. The molecule has 0 aliphatic carbocycles. The summed E-state index contributed by atoms with van der Waals surface area (Å²) in [5.41, 5.74) is 1.93. The van der Waals surface area contributed by atoms with E-state index in [1.165, 1.54) is 19.3 Å². The summed E-state index contributed by atoms with van der Waals surface area (Å²) >= 11 is 0. The summed E-state index contributed by atoms with van der Waals surface area (Å²) in [5, 5.41) is 3.02. The predicted octanol–water partition coefficient (Wildman–Crippen LogP) is 4.10. The van der Waals surface area contributed by atoms with Crippen LogP contribution in [0.2, 0.25) is 0 Å². The topological polar surface area (TPSA) is 67.3 Å². The average molecular weight is 431 g/mol. The van der Waals surface area contributed by atoms with Crippen LogP contribution in [0.3, 0.4) is 0 Å². The van der Waals surface area contributed by atoms with Gasteiger partial charge in [0, 0.05) is 19.2 Å². The van der Waals surface area contributed by atoms with Crippen LogP contribution in [0.15, 0.2) is 66.7 Å². The van der Waals surface area contributed by atoms with Crippen LogP contribution in [-0.2, 0) is 4.79 Å². The number of carbonyl (C=O) groups excluding carboxylic acids is 1. The lowest BCUT2D eigenvalue weighted by Gasteiger charge is -2.28. The molecule has 0 unspecified atom stereocenters. The standard InChI is InChI=1S/C26H30N4O2/c1-20-28-23(30-16-9-4-10-17-30)19-24(29-20)32-18-15-27-26(31)25(21-11-5-2-6-12-21)22-13-7-3-8-14-22/h2-3,5-8,11-14,19,25H,4,9-10,15-18H2,1H3,(H,27,31). The fourth-order valence-corrected chi connectivity index (χ4v) is 4.10. The van der Waals surface area contributed by atoms with E-state index < -0.39 is 0 Å². The van der Waals surface area contributed by atoms with Gasteiger partial charge in [-0.25, -0.2) is 4.98 Å². The van der Waals surface area contributed by atoms with E-state index in [-0.39, 0.29) is 11.8 Å². The lowest BCUT2D eigenvalue weighted by Crippen LogP contribution is -2.33. The summed E-state index contributed by atoms with van der Waals surface area (Å²) in [6, 6.07) is 21.6. The van der Waals surface area contributed by atoms with Crippen molar-refractivity contribution < 1.29 is 9.53 Å². The van der Waals surface area contributed by atoms with Crippen LogP contribution in [-0.4, -0.2) is 42.1 Å².